The first-order valence-corrected chi connectivity index (χ1v) is 20.0. The maximum Gasteiger partial charge on any atom is 0.326 e. The molecule has 1 fully saturated rings. The molecule has 1 unspecified atom stereocenters. The molecule has 2 aliphatic heterocycles. The zero-order valence-corrected chi connectivity index (χ0v) is 33.2. The number of nitrogens with one attached hydrogen (secondary N) is 1. The van der Waals surface area contributed by atoms with Crippen LogP contribution >= 0.6 is 23.2 Å². The van der Waals surface area contributed by atoms with Crippen LogP contribution in [0.1, 0.15) is 58.7 Å². The van der Waals surface area contributed by atoms with E-state index in [2.05, 4.69) is 16.3 Å². The molecule has 0 radical (unpaired) electrons. The summed E-state index contributed by atoms with van der Waals surface area (Å²) in [7, 11) is 1.72. The van der Waals surface area contributed by atoms with E-state index in [1.54, 1.807) is 48.3 Å². The number of hydrogen-bond acceptors (Lipinski definition) is 7. The molecule has 3 aliphatic rings. The number of carbonyl (C=O) groups excluding carboxylic acids is 2. The summed E-state index contributed by atoms with van der Waals surface area (Å²) in [6.45, 7) is 0.796. The number of rotatable bonds is 11. The van der Waals surface area contributed by atoms with E-state index in [4.69, 9.17) is 37.9 Å². The van der Waals surface area contributed by atoms with Crippen molar-refractivity contribution in [1.82, 2.24) is 10.2 Å². The molecule has 294 valence electrons. The van der Waals surface area contributed by atoms with Crippen molar-refractivity contribution in [1.29, 1.82) is 5.26 Å². The van der Waals surface area contributed by atoms with E-state index in [0.717, 1.165) is 52.6 Å². The Morgan fingerprint density at radius 3 is 2.24 bits per heavy atom. The Morgan fingerprint density at radius 2 is 1.60 bits per heavy atom. The second-order valence-electron chi connectivity index (χ2n) is 15.1. The molecule has 2 N–H and O–H groups in total. The Bertz CT molecular complexity index is 2410. The number of fused-ring (bicyclic) bond motifs is 2. The number of nitrogens with zero attached hydrogens (tertiary/aromatic N) is 3. The van der Waals surface area contributed by atoms with E-state index in [1.165, 1.54) is 0 Å². The van der Waals surface area contributed by atoms with Gasteiger partial charge in [-0.05, 0) is 101 Å². The molecule has 8 rings (SSSR count). The molecule has 0 saturated heterocycles. The smallest absolute Gasteiger partial charge is 0.326 e. The van der Waals surface area contributed by atoms with E-state index >= 15 is 0 Å². The number of benzene rings is 5. The molecule has 58 heavy (non-hydrogen) atoms. The summed E-state index contributed by atoms with van der Waals surface area (Å²) in [5.74, 6) is -0.463. The van der Waals surface area contributed by atoms with Gasteiger partial charge in [0, 0.05) is 31.6 Å². The molecule has 10 nitrogen and oxygen atoms in total. The Balaban J connectivity index is 0.959. The number of carbonyl (C=O) groups is 3. The van der Waals surface area contributed by atoms with E-state index in [-0.39, 0.29) is 24.3 Å². The van der Waals surface area contributed by atoms with E-state index in [1.807, 2.05) is 66.7 Å². The molecular weight excluding hydrogens is 775 g/mol. The minimum absolute atomic E-state index is 0.120. The van der Waals surface area contributed by atoms with Crippen LogP contribution in [-0.2, 0) is 40.4 Å². The van der Waals surface area contributed by atoms with Crippen LogP contribution in [-0.4, -0.2) is 53.0 Å². The van der Waals surface area contributed by atoms with Gasteiger partial charge in [0.15, 0.2) is 0 Å². The number of nitriles is 1. The first-order chi connectivity index (χ1) is 28.0. The summed E-state index contributed by atoms with van der Waals surface area (Å²) in [6, 6.07) is 31.9. The number of likely N-dealkylation sites (N-methyl/N-ethyl adjacent to an activating group) is 1. The number of aliphatic carboxylic acids is 1. The number of anilines is 1. The highest BCUT2D eigenvalue weighted by molar-refractivity contribution is 6.42. The summed E-state index contributed by atoms with van der Waals surface area (Å²) >= 11 is 12.2. The molecule has 0 aromatic heterocycles. The average molecular weight is 816 g/mol. The molecule has 1 saturated carbocycles. The SMILES string of the molecule is CN1C(=O)[C@H](c2ccc(OCc3ccc(Cl)c(Cl)c3)cc2)Oc2cc3c(cc21)C[C@@H](C(=O)NC(Cc1ccc(-c2ccc(C#N)cc2)cc1)C(=O)O)N(C1CCC1)C3. The van der Waals surface area contributed by atoms with Gasteiger partial charge in [0.1, 0.15) is 24.1 Å². The van der Waals surface area contributed by atoms with Gasteiger partial charge in [0.05, 0.1) is 33.4 Å². The molecular formula is C46H40Cl2N4O6. The van der Waals surface area contributed by atoms with Crippen molar-refractivity contribution in [2.45, 2.75) is 69.5 Å². The molecule has 3 atom stereocenters. The highest BCUT2D eigenvalue weighted by Crippen LogP contribution is 2.43. The summed E-state index contributed by atoms with van der Waals surface area (Å²) < 4.78 is 12.4. The molecule has 5 aromatic rings. The summed E-state index contributed by atoms with van der Waals surface area (Å²) in [5.41, 5.74) is 7.34. The van der Waals surface area contributed by atoms with Gasteiger partial charge in [0.25, 0.3) is 5.91 Å². The fourth-order valence-electron chi connectivity index (χ4n) is 7.82. The van der Waals surface area contributed by atoms with Gasteiger partial charge in [-0.25, -0.2) is 4.79 Å². The zero-order valence-electron chi connectivity index (χ0n) is 31.7. The molecule has 1 aliphatic carbocycles. The fourth-order valence-corrected chi connectivity index (χ4v) is 8.14. The van der Waals surface area contributed by atoms with Crippen molar-refractivity contribution in [3.63, 3.8) is 0 Å². The summed E-state index contributed by atoms with van der Waals surface area (Å²) in [4.78, 5) is 44.1. The lowest BCUT2D eigenvalue weighted by Crippen LogP contribution is -2.58. The van der Waals surface area contributed by atoms with Crippen LogP contribution in [0.4, 0.5) is 5.69 Å². The van der Waals surface area contributed by atoms with Crippen molar-refractivity contribution in [2.24, 2.45) is 0 Å². The van der Waals surface area contributed by atoms with Gasteiger partial charge in [-0.2, -0.15) is 5.26 Å². The second-order valence-corrected chi connectivity index (χ2v) is 15.9. The van der Waals surface area contributed by atoms with Crippen molar-refractivity contribution in [2.75, 3.05) is 11.9 Å². The number of carboxylic acids is 1. The number of ether oxygens (including phenoxy) is 2. The highest BCUT2D eigenvalue weighted by Gasteiger charge is 2.41. The van der Waals surface area contributed by atoms with Gasteiger partial charge >= 0.3 is 5.97 Å². The largest absolute Gasteiger partial charge is 0.489 e. The van der Waals surface area contributed by atoms with Crippen molar-refractivity contribution in [3.8, 4) is 28.7 Å². The van der Waals surface area contributed by atoms with Crippen LogP contribution in [0.15, 0.2) is 103 Å². The maximum absolute atomic E-state index is 14.1. The van der Waals surface area contributed by atoms with Crippen LogP contribution in [0.25, 0.3) is 11.1 Å². The minimum Gasteiger partial charge on any atom is -0.489 e. The van der Waals surface area contributed by atoms with Crippen molar-refractivity contribution in [3.05, 3.63) is 147 Å². The minimum atomic E-state index is -1.13. The van der Waals surface area contributed by atoms with Crippen molar-refractivity contribution < 1.29 is 29.0 Å². The normalized spacial score (nSPS) is 18.2. The van der Waals surface area contributed by atoms with Crippen LogP contribution in [0.3, 0.4) is 0 Å². The lowest BCUT2D eigenvalue weighted by atomic mass is 9.84. The second kappa shape index (κ2) is 16.5. The standard InChI is InChI=1S/C46H40Cl2N4O6/c1-51-40-21-33-22-41(44(53)50-39(46(55)56)20-27-5-10-30(11-6-27)31-12-7-28(24-49)8-13-31)52(35-3-2-4-35)25-34(33)23-42(40)58-43(45(51)54)32-14-16-36(17-15-32)57-26-29-9-18-37(47)38(48)19-29/h5-19,21,23,35,39,41,43H,2-4,20,22,25-26H2,1H3,(H,50,53)(H,55,56)/t39?,41-,43-/m0/s1. The van der Waals surface area contributed by atoms with Crippen LogP contribution in [0.5, 0.6) is 11.5 Å². The third-order valence-corrected chi connectivity index (χ3v) is 12.1. The maximum atomic E-state index is 14.1. The topological polar surface area (TPSA) is 132 Å². The first kappa shape index (κ1) is 39.0. The molecule has 2 heterocycles. The molecule has 2 amide bonds. The number of hydrogen-bond donors (Lipinski definition) is 2. The Morgan fingerprint density at radius 1 is 0.914 bits per heavy atom. The zero-order chi connectivity index (χ0) is 40.5. The Labute approximate surface area is 346 Å². The highest BCUT2D eigenvalue weighted by atomic mass is 35.5. The van der Waals surface area contributed by atoms with Gasteiger partial charge in [0.2, 0.25) is 12.0 Å². The number of amides is 2. The fraction of sp³-hybridized carbons (Fsp3) is 0.261. The van der Waals surface area contributed by atoms with Crippen LogP contribution in [0.2, 0.25) is 10.0 Å². The molecule has 0 spiro atoms. The van der Waals surface area contributed by atoms with E-state index in [9.17, 15) is 19.5 Å². The van der Waals surface area contributed by atoms with Crippen LogP contribution in [0, 0.1) is 11.3 Å². The van der Waals surface area contributed by atoms with Gasteiger partial charge < -0.3 is 24.8 Å². The first-order valence-electron chi connectivity index (χ1n) is 19.2. The van der Waals surface area contributed by atoms with Gasteiger partial charge in [-0.15, -0.1) is 0 Å². The van der Waals surface area contributed by atoms with Gasteiger partial charge in [-0.3, -0.25) is 14.5 Å². The molecule has 0 bridgehead atoms. The summed E-state index contributed by atoms with van der Waals surface area (Å²) in [6.07, 6.45) is 2.62. The molecule has 5 aromatic carbocycles. The lowest BCUT2D eigenvalue weighted by Gasteiger charge is -2.45. The predicted octanol–water partition coefficient (Wildman–Crippen LogP) is 8.30. The van der Waals surface area contributed by atoms with Crippen LogP contribution < -0.4 is 19.7 Å². The lowest BCUT2D eigenvalue weighted by molar-refractivity contribution is -0.143. The average Bonchev–Trinajstić information content (AvgIpc) is 3.21. The predicted molar refractivity (Wildman–Crippen MR) is 221 cm³/mol. The number of halogens is 2. The van der Waals surface area contributed by atoms with E-state index < -0.39 is 24.2 Å². The monoisotopic (exact) mass is 814 g/mol. The van der Waals surface area contributed by atoms with E-state index in [0.29, 0.717) is 57.9 Å². The molecule has 12 heteroatoms. The van der Waals surface area contributed by atoms with Gasteiger partial charge in [-0.1, -0.05) is 84.2 Å². The Hall–Kier alpha value is -5.86. The third kappa shape index (κ3) is 8.12. The summed E-state index contributed by atoms with van der Waals surface area (Å²) in [5, 5.41) is 23.1. The van der Waals surface area contributed by atoms with Crippen molar-refractivity contribution >= 4 is 46.7 Å². The number of carboxylic acid groups (broad SMARTS) is 1. The Kier molecular flexibility index (Phi) is 11.1. The quantitative estimate of drug-likeness (QED) is 0.136. The third-order valence-electron chi connectivity index (χ3n) is 11.4.